The van der Waals surface area contributed by atoms with Crippen LogP contribution in [0, 0.1) is 0 Å². The Morgan fingerprint density at radius 2 is 1.00 bits per heavy atom. The normalized spacial score (nSPS) is 50.4. The fourth-order valence-electron chi connectivity index (χ4n) is 2.47. The monoisotopic (exact) mass is 386 g/mol. The number of hydrogen-bond acceptors (Lipinski definition) is 2. The van der Waals surface area contributed by atoms with Crippen LogP contribution in [0.5, 0.6) is 0 Å². The third kappa shape index (κ3) is 1.20. The van der Waals surface area contributed by atoms with Crippen molar-refractivity contribution in [2.24, 2.45) is 0 Å². The van der Waals surface area contributed by atoms with Crippen LogP contribution in [-0.2, 0) is 9.59 Å². The highest BCUT2D eigenvalue weighted by Gasteiger charge is 2.94. The smallest absolute Gasteiger partial charge is 0.329 e. The van der Waals surface area contributed by atoms with Gasteiger partial charge in [-0.3, -0.25) is 9.59 Å². The molecule has 1 fully saturated rings. The first-order valence-electron chi connectivity index (χ1n) is 4.65. The van der Waals surface area contributed by atoms with Gasteiger partial charge < -0.3 is 10.2 Å². The Morgan fingerprint density at radius 3 is 1.21 bits per heavy atom. The van der Waals surface area contributed by atoms with Gasteiger partial charge in [-0.15, -0.1) is 46.4 Å². The zero-order valence-electron chi connectivity index (χ0n) is 8.63. The van der Waals surface area contributed by atoms with Crippen LogP contribution in [0.2, 0.25) is 0 Å². The van der Waals surface area contributed by atoms with Crippen LogP contribution in [0.25, 0.3) is 0 Å². The second-order valence-electron chi connectivity index (χ2n) is 4.26. The van der Waals surface area contributed by atoms with Gasteiger partial charge in [0.1, 0.15) is 9.75 Å². The van der Waals surface area contributed by atoms with Gasteiger partial charge in [0.25, 0.3) is 0 Å². The predicted molar refractivity (Wildman–Crippen MR) is 73.2 cm³/mol. The van der Waals surface area contributed by atoms with E-state index in [-0.39, 0.29) is 0 Å². The minimum atomic E-state index is -2.74. The van der Waals surface area contributed by atoms with E-state index in [2.05, 4.69) is 0 Å². The van der Waals surface area contributed by atoms with Gasteiger partial charge in [0, 0.05) is 0 Å². The number of halogens is 6. The number of alkyl halides is 6. The van der Waals surface area contributed by atoms with Crippen LogP contribution in [0.3, 0.4) is 0 Å². The third-order valence-corrected chi connectivity index (χ3v) is 8.27. The van der Waals surface area contributed by atoms with E-state index < -0.39 is 35.8 Å². The van der Waals surface area contributed by atoms with Gasteiger partial charge in [-0.2, -0.15) is 0 Å². The fraction of sp³-hybridized carbons (Fsp3) is 0.556. The first kappa shape index (κ1) is 15.8. The number of rotatable bonds is 2. The third-order valence-electron chi connectivity index (χ3n) is 3.52. The van der Waals surface area contributed by atoms with E-state index in [1.165, 1.54) is 0 Å². The standard InChI is InChI=1S/C9H4Cl6O4/c10-5-1-2-6(11,9(5,14)15)8(13,4(18)19)7(5,12)3(16)17/h1-2H,(H,16,17)(H,18,19). The number of carboxylic acids is 2. The summed E-state index contributed by atoms with van der Waals surface area (Å²) in [5.41, 5.74) is 0. The lowest BCUT2D eigenvalue weighted by Gasteiger charge is -2.41. The zero-order valence-corrected chi connectivity index (χ0v) is 13.2. The molecule has 19 heavy (non-hydrogen) atoms. The number of hydrogen-bond donors (Lipinski definition) is 2. The summed E-state index contributed by atoms with van der Waals surface area (Å²) in [6, 6.07) is 0. The highest BCUT2D eigenvalue weighted by molar-refractivity contribution is 6.68. The van der Waals surface area contributed by atoms with E-state index in [0.29, 0.717) is 0 Å². The van der Waals surface area contributed by atoms with E-state index in [0.717, 1.165) is 12.2 Å². The van der Waals surface area contributed by atoms with Crippen molar-refractivity contribution in [3.8, 4) is 0 Å². The molecule has 0 aromatic rings. The van der Waals surface area contributed by atoms with Crippen molar-refractivity contribution in [2.45, 2.75) is 23.8 Å². The highest BCUT2D eigenvalue weighted by Crippen LogP contribution is 2.76. The topological polar surface area (TPSA) is 74.6 Å². The Bertz CT molecular complexity index is 491. The van der Waals surface area contributed by atoms with Crippen LogP contribution in [0.1, 0.15) is 0 Å². The van der Waals surface area contributed by atoms with Gasteiger partial charge in [-0.05, 0) is 0 Å². The Morgan fingerprint density at radius 1 is 0.737 bits per heavy atom. The number of aliphatic carboxylic acids is 2. The molecule has 2 aliphatic rings. The summed E-state index contributed by atoms with van der Waals surface area (Å²) < 4.78 is -2.23. The quantitative estimate of drug-likeness (QED) is 0.563. The van der Waals surface area contributed by atoms with Gasteiger partial charge in [-0.25, -0.2) is 0 Å². The lowest BCUT2D eigenvalue weighted by Crippen LogP contribution is -2.66. The molecule has 2 N–H and O–H groups in total. The van der Waals surface area contributed by atoms with Crippen molar-refractivity contribution in [1.82, 2.24) is 0 Å². The molecular formula is C9H4Cl6O4. The van der Waals surface area contributed by atoms with Gasteiger partial charge in [-0.1, -0.05) is 35.4 Å². The SMILES string of the molecule is O=C(O)C1(Cl)C2(Cl)C=CC(Cl)(C2(Cl)Cl)C1(Cl)C(=O)O. The Labute approximate surface area is 137 Å². The summed E-state index contributed by atoms with van der Waals surface area (Å²) in [6.45, 7) is 0. The van der Waals surface area contributed by atoms with Crippen LogP contribution >= 0.6 is 69.6 Å². The molecule has 4 atom stereocenters. The van der Waals surface area contributed by atoms with Gasteiger partial charge in [0.05, 0.1) is 0 Å². The lowest BCUT2D eigenvalue weighted by atomic mass is 9.80. The minimum absolute atomic E-state index is 1.06. The van der Waals surface area contributed by atoms with E-state index in [4.69, 9.17) is 69.6 Å². The van der Waals surface area contributed by atoms with E-state index >= 15 is 0 Å². The first-order valence-corrected chi connectivity index (χ1v) is 6.92. The maximum Gasteiger partial charge on any atom is 0.329 e. The molecule has 106 valence electrons. The van der Waals surface area contributed by atoms with Gasteiger partial charge >= 0.3 is 11.9 Å². The fourth-order valence-corrected chi connectivity index (χ4v) is 5.37. The number of carboxylic acid groups (broad SMARTS) is 2. The minimum Gasteiger partial charge on any atom is -0.480 e. The summed E-state index contributed by atoms with van der Waals surface area (Å²) in [5.74, 6) is -3.58. The Kier molecular flexibility index (Phi) is 3.15. The molecule has 10 heteroatoms. The van der Waals surface area contributed by atoms with Crippen molar-refractivity contribution in [2.75, 3.05) is 0 Å². The van der Waals surface area contributed by atoms with E-state index in [1.807, 2.05) is 0 Å². The molecule has 0 amide bonds. The van der Waals surface area contributed by atoms with Gasteiger partial charge in [0.2, 0.25) is 0 Å². The average molecular weight is 389 g/mol. The molecule has 2 aliphatic carbocycles. The van der Waals surface area contributed by atoms with Crippen LogP contribution in [-0.4, -0.2) is 46.0 Å². The molecule has 4 nitrogen and oxygen atoms in total. The molecule has 0 aromatic heterocycles. The van der Waals surface area contributed by atoms with E-state index in [9.17, 15) is 19.8 Å². The molecule has 0 spiro atoms. The molecule has 0 heterocycles. The maximum absolute atomic E-state index is 11.5. The molecular weight excluding hydrogens is 385 g/mol. The van der Waals surface area contributed by atoms with Crippen LogP contribution < -0.4 is 0 Å². The van der Waals surface area contributed by atoms with E-state index in [1.54, 1.807) is 0 Å². The molecule has 2 rings (SSSR count). The molecule has 1 saturated carbocycles. The van der Waals surface area contributed by atoms with Crippen molar-refractivity contribution in [3.05, 3.63) is 12.2 Å². The van der Waals surface area contributed by atoms with Crippen LogP contribution in [0.15, 0.2) is 12.2 Å². The van der Waals surface area contributed by atoms with Crippen molar-refractivity contribution < 1.29 is 19.8 Å². The molecule has 0 aliphatic heterocycles. The molecule has 0 saturated heterocycles. The second kappa shape index (κ2) is 3.79. The summed E-state index contributed by atoms with van der Waals surface area (Å²) in [5, 5.41) is 18.6. The van der Waals surface area contributed by atoms with Crippen molar-refractivity contribution in [3.63, 3.8) is 0 Å². The second-order valence-corrected chi connectivity index (χ2v) is 7.91. The Balaban J connectivity index is 2.94. The molecule has 0 radical (unpaired) electrons. The summed E-state index contributed by atoms with van der Waals surface area (Å²) >= 11 is 36.2. The average Bonchev–Trinajstić information content (AvgIpc) is 2.51. The Hall–Kier alpha value is 0.420. The summed E-state index contributed by atoms with van der Waals surface area (Å²) in [4.78, 5) is 13.1. The summed E-state index contributed by atoms with van der Waals surface area (Å²) in [6.07, 6.45) is 2.12. The maximum atomic E-state index is 11.5. The first-order chi connectivity index (χ1) is 8.34. The molecule has 0 aromatic carbocycles. The highest BCUT2D eigenvalue weighted by atomic mass is 35.5. The number of carbonyl (C=O) groups is 2. The lowest BCUT2D eigenvalue weighted by molar-refractivity contribution is -0.149. The predicted octanol–water partition coefficient (Wildman–Crippen LogP) is 2.82. The molecule has 4 unspecified atom stereocenters. The van der Waals surface area contributed by atoms with Crippen molar-refractivity contribution >= 4 is 81.5 Å². The van der Waals surface area contributed by atoms with Crippen LogP contribution in [0.4, 0.5) is 0 Å². The zero-order chi connectivity index (χ0) is 15.1. The molecule has 2 bridgehead atoms. The number of fused-ring (bicyclic) bond motifs is 2. The summed E-state index contributed by atoms with van der Waals surface area (Å²) in [7, 11) is 0. The van der Waals surface area contributed by atoms with Gasteiger partial charge in [0.15, 0.2) is 14.1 Å². The largest absolute Gasteiger partial charge is 0.480 e. The number of allylic oxidation sites excluding steroid dienone is 2. The van der Waals surface area contributed by atoms with Crippen molar-refractivity contribution in [1.29, 1.82) is 0 Å².